The highest BCUT2D eigenvalue weighted by atomic mass is 32.1. The minimum absolute atomic E-state index is 0.690. The Morgan fingerprint density at radius 1 is 0.297 bits per heavy atom. The highest BCUT2D eigenvalue weighted by molar-refractivity contribution is 7.26. The number of thiophene rings is 2. The molecule has 0 aliphatic heterocycles. The van der Waals surface area contributed by atoms with Gasteiger partial charge in [-0.05, 0) is 103 Å². The molecule has 13 rings (SSSR count). The van der Waals surface area contributed by atoms with E-state index in [9.17, 15) is 0 Å². The maximum absolute atomic E-state index is 5.65. The van der Waals surface area contributed by atoms with Gasteiger partial charge in [0, 0.05) is 69.4 Å². The second-order valence-corrected chi connectivity index (χ2v) is 18.4. The second kappa shape index (κ2) is 14.9. The molecular weight excluding hydrogens is 815 g/mol. The molecule has 0 atom stereocenters. The normalized spacial score (nSPS) is 11.8. The molecule has 9 aromatic carbocycles. The zero-order valence-electron chi connectivity index (χ0n) is 34.4. The third-order valence-electron chi connectivity index (χ3n) is 12.6. The van der Waals surface area contributed by atoms with Crippen molar-refractivity contribution in [2.24, 2.45) is 0 Å². The first kappa shape index (κ1) is 36.8. The summed E-state index contributed by atoms with van der Waals surface area (Å²) in [6, 6.07) is 72.4. The van der Waals surface area contributed by atoms with Crippen LogP contribution in [0.3, 0.4) is 0 Å². The molecule has 4 heterocycles. The Balaban J connectivity index is 1.11. The first-order valence-corrected chi connectivity index (χ1v) is 23.1. The molecule has 0 amide bonds. The molecule has 13 aromatic rings. The average molecular weight is 850 g/mol. The lowest BCUT2D eigenvalue weighted by Crippen LogP contribution is -1.99. The predicted octanol–water partition coefficient (Wildman–Crippen LogP) is 16.9. The molecule has 0 radical (unpaired) electrons. The molecule has 0 aliphatic rings. The molecule has 3 nitrogen and oxygen atoms in total. The molecule has 0 unspecified atom stereocenters. The van der Waals surface area contributed by atoms with Gasteiger partial charge in [0.05, 0.1) is 11.4 Å². The van der Waals surface area contributed by atoms with Gasteiger partial charge in [0.15, 0.2) is 5.82 Å². The van der Waals surface area contributed by atoms with E-state index in [1.807, 2.05) is 35.1 Å². The van der Waals surface area contributed by atoms with Crippen LogP contribution in [-0.2, 0) is 0 Å². The van der Waals surface area contributed by atoms with Gasteiger partial charge in [0.1, 0.15) is 0 Å². The highest BCUT2D eigenvalue weighted by Crippen LogP contribution is 2.47. The Labute approximate surface area is 377 Å². The van der Waals surface area contributed by atoms with E-state index >= 15 is 0 Å². The van der Waals surface area contributed by atoms with E-state index in [0.717, 1.165) is 66.3 Å². The standard InChI is InChI=1S/C59H35N3S2/c1-2-14-36(15-3-1)51-35-52(62-59(61-51)56-47-20-6-4-18-45(47)55(37-28-30-60-31-29-37)46-19-5-7-21-48(46)56)40-33-38(41-22-12-24-49-43-16-8-10-26-53(43)63-57(41)49)32-39(34-40)42-23-13-25-50-44-17-9-11-27-54(44)64-58(42)50/h1-35H. The summed E-state index contributed by atoms with van der Waals surface area (Å²) in [5.74, 6) is 0.690. The Morgan fingerprint density at radius 3 is 1.28 bits per heavy atom. The summed E-state index contributed by atoms with van der Waals surface area (Å²) in [7, 11) is 0. The van der Waals surface area contributed by atoms with E-state index in [0.29, 0.717) is 5.82 Å². The van der Waals surface area contributed by atoms with Gasteiger partial charge in [0.2, 0.25) is 0 Å². The Bertz CT molecular complexity index is 3770. The molecule has 4 aromatic heterocycles. The topological polar surface area (TPSA) is 38.7 Å². The summed E-state index contributed by atoms with van der Waals surface area (Å²) in [5, 5.41) is 9.64. The van der Waals surface area contributed by atoms with Gasteiger partial charge >= 0.3 is 0 Å². The zero-order valence-corrected chi connectivity index (χ0v) is 36.0. The van der Waals surface area contributed by atoms with Crippen LogP contribution in [0.4, 0.5) is 0 Å². The first-order chi connectivity index (χ1) is 31.7. The lowest BCUT2D eigenvalue weighted by atomic mass is 9.88. The fraction of sp³-hybridized carbons (Fsp3) is 0. The maximum atomic E-state index is 5.65. The van der Waals surface area contributed by atoms with Crippen molar-refractivity contribution in [3.63, 3.8) is 0 Å². The van der Waals surface area contributed by atoms with Crippen molar-refractivity contribution in [3.05, 3.63) is 213 Å². The van der Waals surface area contributed by atoms with E-state index in [1.165, 1.54) is 57.0 Å². The Hall–Kier alpha value is -7.83. The monoisotopic (exact) mass is 849 g/mol. The number of hydrogen-bond acceptors (Lipinski definition) is 5. The van der Waals surface area contributed by atoms with Crippen LogP contribution in [0, 0.1) is 0 Å². The van der Waals surface area contributed by atoms with Crippen LogP contribution in [0.1, 0.15) is 0 Å². The van der Waals surface area contributed by atoms with Gasteiger partial charge in [-0.1, -0.05) is 152 Å². The van der Waals surface area contributed by atoms with Crippen LogP contribution in [0.5, 0.6) is 0 Å². The number of benzene rings is 9. The minimum atomic E-state index is 0.690. The molecule has 5 heteroatoms. The van der Waals surface area contributed by atoms with Crippen LogP contribution >= 0.6 is 22.7 Å². The smallest absolute Gasteiger partial charge is 0.161 e. The molecule has 0 bridgehead atoms. The summed E-state index contributed by atoms with van der Waals surface area (Å²) in [6.07, 6.45) is 3.74. The van der Waals surface area contributed by atoms with Crippen molar-refractivity contribution >= 4 is 84.6 Å². The SMILES string of the molecule is c1ccc(-c2cc(-c3cc(-c4cccc5c4sc4ccccc45)cc(-c4cccc5c4sc4ccccc45)c3)nc(-c3c4ccccc4c(-c4ccncc4)c4ccccc34)n2)cc1. The van der Waals surface area contributed by atoms with Crippen LogP contribution in [-0.4, -0.2) is 15.0 Å². The van der Waals surface area contributed by atoms with E-state index in [-0.39, 0.29) is 0 Å². The summed E-state index contributed by atoms with van der Waals surface area (Å²) in [5.41, 5.74) is 11.9. The lowest BCUT2D eigenvalue weighted by Gasteiger charge is -2.18. The average Bonchev–Trinajstić information content (AvgIpc) is 3.95. The zero-order chi connectivity index (χ0) is 42.1. The van der Waals surface area contributed by atoms with Crippen molar-refractivity contribution in [2.75, 3.05) is 0 Å². The predicted molar refractivity (Wildman–Crippen MR) is 273 cm³/mol. The fourth-order valence-corrected chi connectivity index (χ4v) is 12.2. The van der Waals surface area contributed by atoms with Crippen molar-refractivity contribution in [1.29, 1.82) is 0 Å². The molecule has 0 aliphatic carbocycles. The third-order valence-corrected chi connectivity index (χ3v) is 15.0. The van der Waals surface area contributed by atoms with E-state index in [2.05, 4.69) is 205 Å². The van der Waals surface area contributed by atoms with Crippen molar-refractivity contribution in [1.82, 2.24) is 15.0 Å². The number of rotatable bonds is 6. The van der Waals surface area contributed by atoms with E-state index in [4.69, 9.17) is 9.97 Å². The quantitative estimate of drug-likeness (QED) is 0.156. The molecule has 0 saturated heterocycles. The molecule has 64 heavy (non-hydrogen) atoms. The maximum Gasteiger partial charge on any atom is 0.161 e. The van der Waals surface area contributed by atoms with Crippen molar-refractivity contribution in [3.8, 4) is 67.3 Å². The van der Waals surface area contributed by atoms with Gasteiger partial charge < -0.3 is 0 Å². The first-order valence-electron chi connectivity index (χ1n) is 21.5. The summed E-state index contributed by atoms with van der Waals surface area (Å²) in [6.45, 7) is 0. The number of fused-ring (bicyclic) bond motifs is 8. The lowest BCUT2D eigenvalue weighted by molar-refractivity contribution is 1.19. The molecule has 0 spiro atoms. The van der Waals surface area contributed by atoms with Crippen molar-refractivity contribution in [2.45, 2.75) is 0 Å². The van der Waals surface area contributed by atoms with E-state index < -0.39 is 0 Å². The molecule has 0 fully saturated rings. The van der Waals surface area contributed by atoms with Gasteiger partial charge in [-0.3, -0.25) is 4.98 Å². The van der Waals surface area contributed by atoms with Crippen LogP contribution < -0.4 is 0 Å². The highest BCUT2D eigenvalue weighted by Gasteiger charge is 2.22. The summed E-state index contributed by atoms with van der Waals surface area (Å²) in [4.78, 5) is 15.5. The molecule has 0 N–H and O–H groups in total. The molecule has 0 saturated carbocycles. The Morgan fingerprint density at radius 2 is 0.734 bits per heavy atom. The fourth-order valence-electron chi connectivity index (χ4n) is 9.70. The summed E-state index contributed by atoms with van der Waals surface area (Å²) >= 11 is 3.73. The number of aromatic nitrogens is 3. The summed E-state index contributed by atoms with van der Waals surface area (Å²) < 4.78 is 5.15. The van der Waals surface area contributed by atoms with E-state index in [1.54, 1.807) is 0 Å². The van der Waals surface area contributed by atoms with Gasteiger partial charge in [-0.2, -0.15) is 0 Å². The van der Waals surface area contributed by atoms with Crippen molar-refractivity contribution < 1.29 is 0 Å². The third kappa shape index (κ3) is 5.97. The largest absolute Gasteiger partial charge is 0.265 e. The van der Waals surface area contributed by atoms with Crippen LogP contribution in [0.25, 0.3) is 129 Å². The van der Waals surface area contributed by atoms with Crippen LogP contribution in [0.15, 0.2) is 213 Å². The Kier molecular flexibility index (Phi) is 8.58. The number of nitrogens with zero attached hydrogens (tertiary/aromatic N) is 3. The second-order valence-electron chi connectivity index (χ2n) is 16.3. The number of pyridine rings is 1. The van der Waals surface area contributed by atoms with Gasteiger partial charge in [-0.25, -0.2) is 9.97 Å². The number of hydrogen-bond donors (Lipinski definition) is 0. The van der Waals surface area contributed by atoms with Gasteiger partial charge in [-0.15, -0.1) is 22.7 Å². The van der Waals surface area contributed by atoms with Gasteiger partial charge in [0.25, 0.3) is 0 Å². The van der Waals surface area contributed by atoms with Crippen LogP contribution in [0.2, 0.25) is 0 Å². The molecule has 298 valence electrons. The minimum Gasteiger partial charge on any atom is -0.265 e. The molecular formula is C59H35N3S2.